The van der Waals surface area contributed by atoms with Crippen molar-refractivity contribution in [2.45, 2.75) is 32.2 Å². The van der Waals surface area contributed by atoms with Gasteiger partial charge in [0.1, 0.15) is 0 Å². The first-order valence-electron chi connectivity index (χ1n) is 5.40. The lowest BCUT2D eigenvalue weighted by atomic mass is 10.1. The van der Waals surface area contributed by atoms with Crippen LogP contribution in [0.1, 0.15) is 26.2 Å². The van der Waals surface area contributed by atoms with E-state index in [4.69, 9.17) is 5.11 Å². The number of hydrogen-bond donors (Lipinski definition) is 2. The van der Waals surface area contributed by atoms with Gasteiger partial charge in [0.15, 0.2) is 0 Å². The number of nitrogens with one attached hydrogen (secondary N) is 1. The highest BCUT2D eigenvalue weighted by atomic mass is 16.4. The summed E-state index contributed by atoms with van der Waals surface area (Å²) in [5.74, 6) is -0.694. The molecule has 0 bridgehead atoms. The highest BCUT2D eigenvalue weighted by Gasteiger charge is 2.23. The fourth-order valence-corrected chi connectivity index (χ4v) is 1.86. The number of carboxylic acids is 1. The van der Waals surface area contributed by atoms with Crippen LogP contribution in [0, 0.1) is 0 Å². The van der Waals surface area contributed by atoms with Crippen LogP contribution in [0.3, 0.4) is 0 Å². The number of piperazine rings is 1. The molecule has 1 fully saturated rings. The molecule has 0 aromatic rings. The van der Waals surface area contributed by atoms with Crippen molar-refractivity contribution in [2.75, 3.05) is 26.2 Å². The molecule has 0 aromatic carbocycles. The van der Waals surface area contributed by atoms with Crippen molar-refractivity contribution < 1.29 is 9.90 Å². The molecule has 4 heteroatoms. The normalized spacial score (nSPS) is 23.6. The number of nitrogens with zero attached hydrogens (tertiary/aromatic N) is 1. The Bertz CT molecular complexity index is 185. The minimum absolute atomic E-state index is 0.188. The molecule has 2 N–H and O–H groups in total. The van der Waals surface area contributed by atoms with Gasteiger partial charge in [0.2, 0.25) is 0 Å². The summed E-state index contributed by atoms with van der Waals surface area (Å²) in [6.45, 7) is 5.98. The summed E-state index contributed by atoms with van der Waals surface area (Å²) in [7, 11) is 0. The molecule has 0 aliphatic carbocycles. The van der Waals surface area contributed by atoms with Crippen LogP contribution in [0.2, 0.25) is 0 Å². The molecule has 1 rings (SSSR count). The average molecular weight is 200 g/mol. The molecule has 1 unspecified atom stereocenters. The van der Waals surface area contributed by atoms with Crippen LogP contribution in [-0.4, -0.2) is 48.2 Å². The molecule has 82 valence electrons. The number of aliphatic carboxylic acids is 1. The van der Waals surface area contributed by atoms with Gasteiger partial charge < -0.3 is 10.4 Å². The first-order chi connectivity index (χ1) is 6.74. The molecular formula is C10H20N2O2. The van der Waals surface area contributed by atoms with Gasteiger partial charge in [-0.3, -0.25) is 9.69 Å². The monoisotopic (exact) mass is 200 g/mol. The Morgan fingerprint density at radius 2 is 2.43 bits per heavy atom. The minimum Gasteiger partial charge on any atom is -0.481 e. The highest BCUT2D eigenvalue weighted by Crippen LogP contribution is 2.08. The zero-order valence-electron chi connectivity index (χ0n) is 8.83. The summed E-state index contributed by atoms with van der Waals surface area (Å²) in [5.41, 5.74) is 0. The largest absolute Gasteiger partial charge is 0.481 e. The van der Waals surface area contributed by atoms with E-state index >= 15 is 0 Å². The first-order valence-corrected chi connectivity index (χ1v) is 5.40. The Balaban J connectivity index is 2.37. The number of carboxylic acid groups (broad SMARTS) is 1. The van der Waals surface area contributed by atoms with Crippen LogP contribution in [0.25, 0.3) is 0 Å². The van der Waals surface area contributed by atoms with Crippen molar-refractivity contribution >= 4 is 5.97 Å². The van der Waals surface area contributed by atoms with E-state index in [0.29, 0.717) is 0 Å². The molecule has 0 amide bonds. The lowest BCUT2D eigenvalue weighted by Crippen LogP contribution is -2.52. The van der Waals surface area contributed by atoms with Gasteiger partial charge in [-0.2, -0.15) is 0 Å². The van der Waals surface area contributed by atoms with Crippen molar-refractivity contribution in [3.63, 3.8) is 0 Å². The molecule has 1 aliphatic rings. The van der Waals surface area contributed by atoms with E-state index in [0.717, 1.165) is 32.6 Å². The first kappa shape index (κ1) is 11.5. The second kappa shape index (κ2) is 5.98. The zero-order valence-corrected chi connectivity index (χ0v) is 8.83. The van der Waals surface area contributed by atoms with Gasteiger partial charge in [-0.1, -0.05) is 13.3 Å². The second-order valence-electron chi connectivity index (χ2n) is 3.85. The molecule has 0 aromatic heterocycles. The average Bonchev–Trinajstić information content (AvgIpc) is 2.16. The van der Waals surface area contributed by atoms with Crippen molar-refractivity contribution in [2.24, 2.45) is 0 Å². The number of hydrogen-bond acceptors (Lipinski definition) is 3. The maximum Gasteiger partial charge on any atom is 0.304 e. The topological polar surface area (TPSA) is 52.6 Å². The van der Waals surface area contributed by atoms with Crippen LogP contribution in [0.5, 0.6) is 0 Å². The zero-order chi connectivity index (χ0) is 10.4. The Kier molecular flexibility index (Phi) is 4.90. The van der Waals surface area contributed by atoms with Crippen molar-refractivity contribution in [3.05, 3.63) is 0 Å². The molecule has 1 atom stereocenters. The fraction of sp³-hybridized carbons (Fsp3) is 0.900. The van der Waals surface area contributed by atoms with Gasteiger partial charge >= 0.3 is 5.97 Å². The van der Waals surface area contributed by atoms with Gasteiger partial charge in [0.25, 0.3) is 0 Å². The predicted molar refractivity (Wildman–Crippen MR) is 55.4 cm³/mol. The third-order valence-corrected chi connectivity index (χ3v) is 2.68. The van der Waals surface area contributed by atoms with Gasteiger partial charge in [0.05, 0.1) is 6.42 Å². The molecule has 1 saturated heterocycles. The Morgan fingerprint density at radius 3 is 3.07 bits per heavy atom. The predicted octanol–water partition coefficient (Wildman–Crippen LogP) is 0.535. The van der Waals surface area contributed by atoms with Gasteiger partial charge in [-0.15, -0.1) is 0 Å². The molecule has 0 radical (unpaired) electrons. The summed E-state index contributed by atoms with van der Waals surface area (Å²) in [5, 5.41) is 12.0. The summed E-state index contributed by atoms with van der Waals surface area (Å²) < 4.78 is 0. The molecule has 1 aliphatic heterocycles. The van der Waals surface area contributed by atoms with E-state index in [-0.39, 0.29) is 12.5 Å². The SMILES string of the molecule is CCCCN1CCNCC1CC(=O)O. The summed E-state index contributed by atoms with van der Waals surface area (Å²) in [6.07, 6.45) is 2.59. The van der Waals surface area contributed by atoms with E-state index in [9.17, 15) is 4.79 Å². The van der Waals surface area contributed by atoms with Gasteiger partial charge in [-0.05, 0) is 13.0 Å². The van der Waals surface area contributed by atoms with Crippen molar-refractivity contribution in [1.29, 1.82) is 0 Å². The van der Waals surface area contributed by atoms with E-state index in [2.05, 4.69) is 17.1 Å². The lowest BCUT2D eigenvalue weighted by molar-refractivity contribution is -0.138. The molecule has 4 nitrogen and oxygen atoms in total. The third-order valence-electron chi connectivity index (χ3n) is 2.68. The summed E-state index contributed by atoms with van der Waals surface area (Å²) >= 11 is 0. The number of unbranched alkanes of at least 4 members (excludes halogenated alkanes) is 1. The lowest BCUT2D eigenvalue weighted by Gasteiger charge is -2.35. The standard InChI is InChI=1S/C10H20N2O2/c1-2-3-5-12-6-4-11-8-9(12)7-10(13)14/h9,11H,2-8H2,1H3,(H,13,14). The van der Waals surface area contributed by atoms with Crippen LogP contribution in [-0.2, 0) is 4.79 Å². The molecule has 1 heterocycles. The minimum atomic E-state index is -0.694. The molecule has 0 spiro atoms. The second-order valence-corrected chi connectivity index (χ2v) is 3.85. The van der Waals surface area contributed by atoms with Crippen LogP contribution >= 0.6 is 0 Å². The molecule has 14 heavy (non-hydrogen) atoms. The maximum atomic E-state index is 10.6. The van der Waals surface area contributed by atoms with E-state index in [1.54, 1.807) is 0 Å². The van der Waals surface area contributed by atoms with Crippen molar-refractivity contribution in [1.82, 2.24) is 10.2 Å². The highest BCUT2D eigenvalue weighted by molar-refractivity contribution is 5.67. The van der Waals surface area contributed by atoms with Gasteiger partial charge in [-0.25, -0.2) is 0 Å². The Morgan fingerprint density at radius 1 is 1.64 bits per heavy atom. The van der Waals surface area contributed by atoms with Crippen molar-refractivity contribution in [3.8, 4) is 0 Å². The smallest absolute Gasteiger partial charge is 0.304 e. The molecule has 0 saturated carbocycles. The van der Waals surface area contributed by atoms with Crippen LogP contribution < -0.4 is 5.32 Å². The molecular weight excluding hydrogens is 180 g/mol. The third kappa shape index (κ3) is 3.64. The number of carbonyl (C=O) groups is 1. The number of rotatable bonds is 5. The van der Waals surface area contributed by atoms with E-state index < -0.39 is 5.97 Å². The van der Waals surface area contributed by atoms with Crippen LogP contribution in [0.15, 0.2) is 0 Å². The van der Waals surface area contributed by atoms with E-state index in [1.165, 1.54) is 6.42 Å². The Hall–Kier alpha value is -0.610. The maximum absolute atomic E-state index is 10.6. The summed E-state index contributed by atoms with van der Waals surface area (Å²) in [6, 6.07) is 0.188. The van der Waals surface area contributed by atoms with Gasteiger partial charge in [0, 0.05) is 25.7 Å². The Labute approximate surface area is 85.3 Å². The summed E-state index contributed by atoms with van der Waals surface area (Å²) in [4.78, 5) is 12.9. The van der Waals surface area contributed by atoms with E-state index in [1.807, 2.05) is 0 Å². The fourth-order valence-electron chi connectivity index (χ4n) is 1.86. The van der Waals surface area contributed by atoms with Crippen LogP contribution in [0.4, 0.5) is 0 Å². The quantitative estimate of drug-likeness (QED) is 0.680.